The highest BCUT2D eigenvalue weighted by atomic mass is 79.9. The van der Waals surface area contributed by atoms with Gasteiger partial charge in [-0.3, -0.25) is 4.79 Å². The van der Waals surface area contributed by atoms with E-state index in [1.807, 2.05) is 29.6 Å². The molecular formula is C12H10BrNOS. The van der Waals surface area contributed by atoms with Crippen LogP contribution in [0.4, 0.5) is 0 Å². The van der Waals surface area contributed by atoms with Crippen LogP contribution in [-0.2, 0) is 6.54 Å². The molecule has 2 aromatic rings. The number of thiophene rings is 1. The van der Waals surface area contributed by atoms with Gasteiger partial charge in [-0.1, -0.05) is 18.2 Å². The lowest BCUT2D eigenvalue weighted by molar-refractivity contribution is 0.0951. The minimum atomic E-state index is -0.0369. The second-order valence-electron chi connectivity index (χ2n) is 3.28. The summed E-state index contributed by atoms with van der Waals surface area (Å²) in [6, 6.07) is 11.2. The molecule has 0 aliphatic rings. The first kappa shape index (κ1) is 11.4. The topological polar surface area (TPSA) is 29.1 Å². The number of nitrogens with one attached hydrogen (secondary N) is 1. The fourth-order valence-corrected chi connectivity index (χ4v) is 2.70. The zero-order valence-electron chi connectivity index (χ0n) is 8.44. The lowest BCUT2D eigenvalue weighted by Crippen LogP contribution is -2.22. The Morgan fingerprint density at radius 3 is 2.69 bits per heavy atom. The number of hydrogen-bond donors (Lipinski definition) is 1. The van der Waals surface area contributed by atoms with E-state index >= 15 is 0 Å². The van der Waals surface area contributed by atoms with Gasteiger partial charge in [0, 0.05) is 20.3 Å². The number of carbonyl (C=O) groups excluding carboxylic acids is 1. The Bertz CT molecular complexity index is 481. The maximum absolute atomic E-state index is 11.7. The van der Waals surface area contributed by atoms with E-state index in [9.17, 15) is 4.79 Å². The molecule has 0 saturated heterocycles. The Balaban J connectivity index is 1.94. The second-order valence-corrected chi connectivity index (χ2v) is 5.19. The molecule has 0 bridgehead atoms. The van der Waals surface area contributed by atoms with E-state index in [0.29, 0.717) is 12.1 Å². The molecule has 0 spiro atoms. The zero-order valence-corrected chi connectivity index (χ0v) is 10.8. The molecule has 2 rings (SSSR count). The summed E-state index contributed by atoms with van der Waals surface area (Å²) in [4.78, 5) is 12.8. The van der Waals surface area contributed by atoms with Crippen LogP contribution in [0.5, 0.6) is 0 Å². The van der Waals surface area contributed by atoms with Gasteiger partial charge in [0.25, 0.3) is 5.91 Å². The zero-order chi connectivity index (χ0) is 11.4. The molecule has 1 aromatic carbocycles. The third-order valence-electron chi connectivity index (χ3n) is 2.08. The lowest BCUT2D eigenvalue weighted by Gasteiger charge is -2.02. The fourth-order valence-electron chi connectivity index (χ4n) is 1.31. The van der Waals surface area contributed by atoms with Gasteiger partial charge in [0.1, 0.15) is 0 Å². The van der Waals surface area contributed by atoms with Gasteiger partial charge >= 0.3 is 0 Å². The predicted octanol–water partition coefficient (Wildman–Crippen LogP) is 3.44. The summed E-state index contributed by atoms with van der Waals surface area (Å²) in [5, 5.41) is 4.88. The molecule has 1 N–H and O–H groups in total. The van der Waals surface area contributed by atoms with Crippen LogP contribution in [-0.4, -0.2) is 5.91 Å². The smallest absolute Gasteiger partial charge is 0.251 e. The summed E-state index contributed by atoms with van der Waals surface area (Å²) in [6.07, 6.45) is 0. The molecule has 0 unspecified atom stereocenters. The first-order valence-corrected chi connectivity index (χ1v) is 6.49. The van der Waals surface area contributed by atoms with Crippen molar-refractivity contribution >= 4 is 33.2 Å². The first-order chi connectivity index (χ1) is 7.75. The van der Waals surface area contributed by atoms with E-state index in [2.05, 4.69) is 21.2 Å². The van der Waals surface area contributed by atoms with Crippen LogP contribution in [0.25, 0.3) is 0 Å². The van der Waals surface area contributed by atoms with Crippen LogP contribution in [0.1, 0.15) is 15.2 Å². The average Bonchev–Trinajstić information content (AvgIpc) is 2.73. The van der Waals surface area contributed by atoms with E-state index in [4.69, 9.17) is 0 Å². The maximum atomic E-state index is 11.7. The SMILES string of the molecule is O=C(NCc1cc(Br)cs1)c1ccccc1. The monoisotopic (exact) mass is 295 g/mol. The second kappa shape index (κ2) is 5.27. The molecule has 1 heterocycles. The summed E-state index contributed by atoms with van der Waals surface area (Å²) in [5.41, 5.74) is 0.693. The molecule has 0 aliphatic carbocycles. The molecule has 2 nitrogen and oxygen atoms in total. The Labute approximate surface area is 106 Å². The van der Waals surface area contributed by atoms with Crippen LogP contribution >= 0.6 is 27.3 Å². The van der Waals surface area contributed by atoms with Crippen LogP contribution in [0, 0.1) is 0 Å². The van der Waals surface area contributed by atoms with Crippen molar-refractivity contribution in [3.63, 3.8) is 0 Å². The molecule has 16 heavy (non-hydrogen) atoms. The van der Waals surface area contributed by atoms with Crippen LogP contribution < -0.4 is 5.32 Å². The highest BCUT2D eigenvalue weighted by Crippen LogP contribution is 2.19. The summed E-state index contributed by atoms with van der Waals surface area (Å²) in [7, 11) is 0. The molecule has 1 aromatic heterocycles. The number of benzene rings is 1. The minimum absolute atomic E-state index is 0.0369. The van der Waals surface area contributed by atoms with E-state index in [1.165, 1.54) is 0 Å². The van der Waals surface area contributed by atoms with Crippen molar-refractivity contribution in [2.45, 2.75) is 6.54 Å². The van der Waals surface area contributed by atoms with Gasteiger partial charge in [0.2, 0.25) is 0 Å². The average molecular weight is 296 g/mol. The summed E-state index contributed by atoms with van der Waals surface area (Å²) in [6.45, 7) is 0.573. The maximum Gasteiger partial charge on any atom is 0.251 e. The quantitative estimate of drug-likeness (QED) is 0.923. The van der Waals surface area contributed by atoms with Crippen molar-refractivity contribution in [1.29, 1.82) is 0 Å². The van der Waals surface area contributed by atoms with E-state index < -0.39 is 0 Å². The normalized spacial score (nSPS) is 10.1. The third-order valence-corrected chi connectivity index (χ3v) is 3.78. The highest BCUT2D eigenvalue weighted by molar-refractivity contribution is 9.10. The van der Waals surface area contributed by atoms with Crippen LogP contribution in [0.15, 0.2) is 46.3 Å². The van der Waals surface area contributed by atoms with Crippen LogP contribution in [0.2, 0.25) is 0 Å². The highest BCUT2D eigenvalue weighted by Gasteiger charge is 2.04. The Morgan fingerprint density at radius 2 is 2.06 bits per heavy atom. The van der Waals surface area contributed by atoms with Gasteiger partial charge in [0.15, 0.2) is 0 Å². The van der Waals surface area contributed by atoms with Crippen molar-refractivity contribution in [2.75, 3.05) is 0 Å². The van der Waals surface area contributed by atoms with Gasteiger partial charge in [-0.25, -0.2) is 0 Å². The van der Waals surface area contributed by atoms with Crippen molar-refractivity contribution in [1.82, 2.24) is 5.32 Å². The van der Waals surface area contributed by atoms with E-state index in [1.54, 1.807) is 23.5 Å². The van der Waals surface area contributed by atoms with Gasteiger partial charge in [-0.05, 0) is 34.1 Å². The lowest BCUT2D eigenvalue weighted by atomic mass is 10.2. The largest absolute Gasteiger partial charge is 0.347 e. The molecule has 0 fully saturated rings. The third kappa shape index (κ3) is 2.93. The van der Waals surface area contributed by atoms with Crippen LogP contribution in [0.3, 0.4) is 0 Å². The van der Waals surface area contributed by atoms with Crippen molar-refractivity contribution in [3.8, 4) is 0 Å². The summed E-state index contributed by atoms with van der Waals surface area (Å²) in [5.74, 6) is -0.0369. The molecule has 0 atom stereocenters. The number of rotatable bonds is 3. The molecule has 0 saturated carbocycles. The van der Waals surface area contributed by atoms with E-state index in [-0.39, 0.29) is 5.91 Å². The van der Waals surface area contributed by atoms with Gasteiger partial charge in [-0.2, -0.15) is 0 Å². The molecule has 82 valence electrons. The Morgan fingerprint density at radius 1 is 1.31 bits per heavy atom. The Kier molecular flexibility index (Phi) is 3.74. The van der Waals surface area contributed by atoms with Gasteiger partial charge in [0.05, 0.1) is 6.54 Å². The molecular weight excluding hydrogens is 286 g/mol. The fraction of sp³-hybridized carbons (Fsp3) is 0.0833. The van der Waals surface area contributed by atoms with Crippen molar-refractivity contribution in [3.05, 3.63) is 56.7 Å². The molecule has 4 heteroatoms. The number of amides is 1. The molecule has 1 amide bonds. The van der Waals surface area contributed by atoms with Gasteiger partial charge in [-0.15, -0.1) is 11.3 Å². The summed E-state index contributed by atoms with van der Waals surface area (Å²) >= 11 is 5.01. The first-order valence-electron chi connectivity index (χ1n) is 4.82. The van der Waals surface area contributed by atoms with Crippen molar-refractivity contribution < 1.29 is 4.79 Å². The van der Waals surface area contributed by atoms with E-state index in [0.717, 1.165) is 9.35 Å². The molecule has 0 aliphatic heterocycles. The molecule has 0 radical (unpaired) electrons. The number of halogens is 1. The number of hydrogen-bond acceptors (Lipinski definition) is 2. The standard InChI is InChI=1S/C12H10BrNOS/c13-10-6-11(16-8-10)7-14-12(15)9-4-2-1-3-5-9/h1-6,8H,7H2,(H,14,15). The Hall–Kier alpha value is -1.13. The predicted molar refractivity (Wildman–Crippen MR) is 69.6 cm³/mol. The minimum Gasteiger partial charge on any atom is -0.347 e. The number of carbonyl (C=O) groups is 1. The van der Waals surface area contributed by atoms with Gasteiger partial charge < -0.3 is 5.32 Å². The van der Waals surface area contributed by atoms with Crippen molar-refractivity contribution in [2.24, 2.45) is 0 Å². The summed E-state index contributed by atoms with van der Waals surface area (Å²) < 4.78 is 1.06.